The van der Waals surface area contributed by atoms with Crippen molar-refractivity contribution in [2.24, 2.45) is 0 Å². The third-order valence-corrected chi connectivity index (χ3v) is 17.8. The van der Waals surface area contributed by atoms with Gasteiger partial charge in [-0.15, -0.1) is 0 Å². The molecule has 0 radical (unpaired) electrons. The molecule has 0 atom stereocenters. The Morgan fingerprint density at radius 3 is 0.676 bits per heavy atom. The molecule has 2 nitrogen and oxygen atoms in total. The Morgan fingerprint density at radius 1 is 0.382 bits per heavy atom. The topological polar surface area (TPSA) is 6.48 Å². The Labute approximate surface area is 218 Å². The lowest BCUT2D eigenvalue weighted by Gasteiger charge is -2.40. The molecular weight excluding hydrogens is 450 g/mol. The minimum absolute atomic E-state index is 1.22. The fraction of sp³-hybridized carbons (Fsp3) is 0.933. The number of hydrogen-bond donors (Lipinski definition) is 0. The molecule has 0 unspecified atom stereocenters. The summed E-state index contributed by atoms with van der Waals surface area (Å²) >= 11 is 0. The number of nitrogens with zero attached hydrogens (tertiary/aromatic N) is 2. The molecule has 34 heavy (non-hydrogen) atoms. The Balaban J connectivity index is 7.30. The van der Waals surface area contributed by atoms with E-state index in [1.54, 1.807) is 0 Å². The molecule has 0 aromatic heterocycles. The average molecular weight is 517 g/mol. The minimum atomic E-state index is -1.22. The molecule has 0 bridgehead atoms. The summed E-state index contributed by atoms with van der Waals surface area (Å²) in [6.45, 7) is 14.4. The summed E-state index contributed by atoms with van der Waals surface area (Å²) in [5.41, 5.74) is 3.73. The van der Waals surface area contributed by atoms with Gasteiger partial charge in [0, 0.05) is 28.2 Å². The Hall–Kier alpha value is 0.200. The van der Waals surface area contributed by atoms with Gasteiger partial charge >= 0.3 is 0 Å². The van der Waals surface area contributed by atoms with E-state index in [4.69, 9.17) is 0 Å². The molecule has 0 aliphatic heterocycles. The zero-order valence-electron chi connectivity index (χ0n) is 25.5. The molecule has 0 aliphatic carbocycles. The lowest BCUT2D eigenvalue weighted by molar-refractivity contribution is 0.483. The van der Waals surface area contributed by atoms with Gasteiger partial charge in [0.05, 0.1) is 51.5 Å². The third kappa shape index (κ3) is 10.7. The Morgan fingerprint density at radius 2 is 0.559 bits per heavy atom. The minimum Gasteiger partial charge on any atom is -0.345 e. The predicted octanol–water partition coefficient (Wildman–Crippen LogP) is 10.1. The maximum Gasteiger partial charge on any atom is 0.218 e. The van der Waals surface area contributed by atoms with Crippen LogP contribution < -0.4 is 0 Å². The van der Waals surface area contributed by atoms with Gasteiger partial charge in [0.15, 0.2) is 0 Å². The highest BCUT2D eigenvalue weighted by Crippen LogP contribution is 2.76. The first kappa shape index (κ1) is 34.2. The third-order valence-electron chi connectivity index (χ3n) is 7.58. The van der Waals surface area contributed by atoms with E-state index in [0.29, 0.717) is 0 Å². The maximum absolute atomic E-state index is 2.66. The summed E-state index contributed by atoms with van der Waals surface area (Å²) in [5.74, 6) is 0. The highest BCUT2D eigenvalue weighted by Gasteiger charge is 2.53. The number of hydrogen-bond acceptors (Lipinski definition) is 2. The lowest BCUT2D eigenvalue weighted by atomic mass is 10.4. The second kappa shape index (κ2) is 19.3. The highest BCUT2D eigenvalue weighted by atomic mass is 31.2. The van der Waals surface area contributed by atoms with Gasteiger partial charge in [0.1, 0.15) is 0 Å². The summed E-state index contributed by atoms with van der Waals surface area (Å²) in [6.07, 6.45) is 25.3. The summed E-state index contributed by atoms with van der Waals surface area (Å²) in [5, 5.41) is 0. The second-order valence-electron chi connectivity index (χ2n) is 11.2. The first-order valence-corrected chi connectivity index (χ1v) is 19.8. The molecular formula is C30H66N2P2+2. The van der Waals surface area contributed by atoms with Gasteiger partial charge in [-0.3, -0.25) is 0 Å². The van der Waals surface area contributed by atoms with E-state index < -0.39 is 14.5 Å². The van der Waals surface area contributed by atoms with Crippen LogP contribution in [-0.2, 0) is 0 Å². The van der Waals surface area contributed by atoms with Gasteiger partial charge in [-0.2, -0.15) is 0 Å². The summed E-state index contributed by atoms with van der Waals surface area (Å²) in [6, 6.07) is 0. The molecule has 0 aliphatic rings. The van der Waals surface area contributed by atoms with E-state index in [-0.39, 0.29) is 0 Å². The monoisotopic (exact) mass is 516 g/mol. The molecule has 0 rings (SSSR count). The van der Waals surface area contributed by atoms with Gasteiger partial charge in [-0.05, 0) is 38.5 Å². The van der Waals surface area contributed by atoms with E-state index >= 15 is 0 Å². The quantitative estimate of drug-likeness (QED) is 0.132. The van der Waals surface area contributed by atoms with E-state index in [0.717, 1.165) is 0 Å². The molecule has 0 aromatic carbocycles. The van der Waals surface area contributed by atoms with Crippen LogP contribution in [0.2, 0.25) is 0 Å². The smallest absolute Gasteiger partial charge is 0.218 e. The van der Waals surface area contributed by atoms with Crippen LogP contribution in [0.5, 0.6) is 0 Å². The van der Waals surface area contributed by atoms with Crippen molar-refractivity contribution in [1.29, 1.82) is 0 Å². The van der Waals surface area contributed by atoms with Crippen molar-refractivity contribution in [1.82, 2.24) is 9.80 Å². The highest BCUT2D eigenvalue weighted by molar-refractivity contribution is 7.83. The molecule has 4 heteroatoms. The molecule has 0 heterocycles. The van der Waals surface area contributed by atoms with E-state index in [9.17, 15) is 0 Å². The molecule has 204 valence electrons. The Kier molecular flexibility index (Phi) is 19.4. The van der Waals surface area contributed by atoms with Crippen LogP contribution >= 0.6 is 14.5 Å². The van der Waals surface area contributed by atoms with Crippen molar-refractivity contribution in [3.8, 4) is 0 Å². The fourth-order valence-corrected chi connectivity index (χ4v) is 18.1. The van der Waals surface area contributed by atoms with Gasteiger partial charge in [0.25, 0.3) is 0 Å². The van der Waals surface area contributed by atoms with Crippen LogP contribution in [-0.4, -0.2) is 75.0 Å². The second-order valence-corrected chi connectivity index (χ2v) is 19.3. The molecule has 0 fully saturated rings. The molecule has 0 amide bonds. The molecule has 0 saturated heterocycles. The van der Waals surface area contributed by atoms with Crippen LogP contribution in [0.4, 0.5) is 0 Å². The van der Waals surface area contributed by atoms with Gasteiger partial charge in [-0.1, -0.05) is 80.1 Å². The summed E-state index contributed by atoms with van der Waals surface area (Å²) < 4.78 is 0. The maximum atomic E-state index is 2.66. The Bertz CT molecular complexity index is 438. The zero-order chi connectivity index (χ0) is 26.0. The van der Waals surface area contributed by atoms with Crippen LogP contribution in [0.15, 0.2) is 10.9 Å². The fourth-order valence-electron chi connectivity index (χ4n) is 5.74. The summed E-state index contributed by atoms with van der Waals surface area (Å²) in [7, 11) is 7.19. The standard InChI is InChI=1S/C30H66N2P2/c1-11-17-23-33(24-18-12-2,25-19-13-3)29(31(7)8)30(32(9)10)34(26-20-14-4,27-21-15-5)28-22-16-6/h11-28H2,1-10H3/q+2/b30-29+. The van der Waals surface area contributed by atoms with E-state index in [1.807, 2.05) is 10.9 Å². The SMILES string of the molecule is CCCC[P+](CCCC)(CCCC)/C(=C(\N(C)C)[P+](CCCC)(CCCC)CCCC)N(C)C. The largest absolute Gasteiger partial charge is 0.345 e. The van der Waals surface area contributed by atoms with Crippen LogP contribution in [0.1, 0.15) is 119 Å². The van der Waals surface area contributed by atoms with Crippen molar-refractivity contribution in [3.05, 3.63) is 10.9 Å². The van der Waals surface area contributed by atoms with Crippen molar-refractivity contribution in [2.45, 2.75) is 119 Å². The van der Waals surface area contributed by atoms with Crippen molar-refractivity contribution in [2.75, 3.05) is 65.2 Å². The predicted molar refractivity (Wildman–Crippen MR) is 167 cm³/mol. The van der Waals surface area contributed by atoms with Gasteiger partial charge < -0.3 is 9.80 Å². The van der Waals surface area contributed by atoms with Crippen LogP contribution in [0.3, 0.4) is 0 Å². The number of unbranched alkanes of at least 4 members (excludes halogenated alkanes) is 6. The normalized spacial score (nSPS) is 13.2. The molecule has 0 aromatic rings. The lowest BCUT2D eigenvalue weighted by Crippen LogP contribution is -2.30. The first-order chi connectivity index (χ1) is 16.3. The molecule has 0 saturated carbocycles. The van der Waals surface area contributed by atoms with E-state index in [1.165, 1.54) is 114 Å². The first-order valence-electron chi connectivity index (χ1n) is 15.1. The number of rotatable bonds is 22. The zero-order valence-corrected chi connectivity index (χ0v) is 27.3. The molecule has 0 N–H and O–H groups in total. The average Bonchev–Trinajstić information content (AvgIpc) is 2.82. The van der Waals surface area contributed by atoms with E-state index in [2.05, 4.69) is 79.5 Å². The van der Waals surface area contributed by atoms with Gasteiger partial charge in [0.2, 0.25) is 10.9 Å². The molecule has 0 spiro atoms. The van der Waals surface area contributed by atoms with Crippen molar-refractivity contribution < 1.29 is 0 Å². The van der Waals surface area contributed by atoms with Crippen molar-refractivity contribution >= 4 is 14.5 Å². The summed E-state index contributed by atoms with van der Waals surface area (Å²) in [4.78, 5) is 5.31. The van der Waals surface area contributed by atoms with Crippen LogP contribution in [0.25, 0.3) is 0 Å². The van der Waals surface area contributed by atoms with Crippen molar-refractivity contribution in [3.63, 3.8) is 0 Å². The van der Waals surface area contributed by atoms with Gasteiger partial charge in [-0.25, -0.2) is 0 Å². The van der Waals surface area contributed by atoms with Crippen LogP contribution in [0, 0.1) is 0 Å².